The van der Waals surface area contributed by atoms with Gasteiger partial charge in [0.15, 0.2) is 6.61 Å². The van der Waals surface area contributed by atoms with Gasteiger partial charge in [-0.3, -0.25) is 4.79 Å². The Labute approximate surface area is 155 Å². The van der Waals surface area contributed by atoms with Gasteiger partial charge in [-0.1, -0.05) is 63.6 Å². The van der Waals surface area contributed by atoms with Crippen molar-refractivity contribution in [2.45, 2.75) is 39.7 Å². The molecule has 1 N–H and O–H groups in total. The molecule has 3 nitrogen and oxygen atoms in total. The molecule has 0 aliphatic heterocycles. The molecule has 1 amide bonds. The summed E-state index contributed by atoms with van der Waals surface area (Å²) in [6.07, 6.45) is 0. The summed E-state index contributed by atoms with van der Waals surface area (Å²) in [5, 5.41) is 3.71. The molecule has 0 saturated heterocycles. The van der Waals surface area contributed by atoms with Crippen LogP contribution in [0.2, 0.25) is 5.02 Å². The highest BCUT2D eigenvalue weighted by Gasteiger charge is 2.18. The van der Waals surface area contributed by atoms with Crippen molar-refractivity contribution in [1.82, 2.24) is 5.32 Å². The fourth-order valence-electron chi connectivity index (χ4n) is 2.62. The van der Waals surface area contributed by atoms with Crippen LogP contribution in [0.5, 0.6) is 5.75 Å². The summed E-state index contributed by atoms with van der Waals surface area (Å²) in [5.74, 6) is 1.27. The number of carbonyl (C=O) groups excluding carboxylic acids is 1. The van der Waals surface area contributed by atoms with Crippen LogP contribution in [0, 0.1) is 5.92 Å². The molecule has 4 heteroatoms. The number of nitrogens with one attached hydrogen (secondary N) is 1. The maximum absolute atomic E-state index is 12.3. The second-order valence-electron chi connectivity index (χ2n) is 6.85. The predicted molar refractivity (Wildman–Crippen MR) is 103 cm³/mol. The van der Waals surface area contributed by atoms with Gasteiger partial charge in [-0.15, -0.1) is 0 Å². The van der Waals surface area contributed by atoms with Crippen molar-refractivity contribution in [3.05, 3.63) is 64.7 Å². The number of benzene rings is 2. The monoisotopic (exact) mass is 359 g/mol. The number of halogens is 1. The molecule has 0 radical (unpaired) electrons. The predicted octanol–water partition coefficient (Wildman–Crippen LogP) is 5.36. The molecule has 0 saturated carbocycles. The summed E-state index contributed by atoms with van der Waals surface area (Å²) in [5.41, 5.74) is 2.41. The Morgan fingerprint density at radius 3 is 2.04 bits per heavy atom. The second-order valence-corrected chi connectivity index (χ2v) is 7.29. The summed E-state index contributed by atoms with van der Waals surface area (Å²) in [7, 11) is 0. The minimum absolute atomic E-state index is 0.0189. The smallest absolute Gasteiger partial charge is 0.258 e. The molecule has 1 atom stereocenters. The van der Waals surface area contributed by atoms with Gasteiger partial charge >= 0.3 is 0 Å². The van der Waals surface area contributed by atoms with Crippen molar-refractivity contribution >= 4 is 17.5 Å². The Morgan fingerprint density at radius 1 is 0.960 bits per heavy atom. The number of hydrogen-bond acceptors (Lipinski definition) is 2. The summed E-state index contributed by atoms with van der Waals surface area (Å²) in [4.78, 5) is 12.3. The molecular formula is C21H26ClNO2. The van der Waals surface area contributed by atoms with E-state index in [1.165, 1.54) is 5.56 Å². The van der Waals surface area contributed by atoms with Gasteiger partial charge in [-0.05, 0) is 47.2 Å². The fraction of sp³-hybridized carbons (Fsp3) is 0.381. The van der Waals surface area contributed by atoms with E-state index in [1.807, 2.05) is 0 Å². The van der Waals surface area contributed by atoms with Crippen LogP contribution >= 0.6 is 11.6 Å². The first-order valence-electron chi connectivity index (χ1n) is 8.64. The van der Waals surface area contributed by atoms with Crippen LogP contribution in [0.15, 0.2) is 48.5 Å². The van der Waals surface area contributed by atoms with Gasteiger partial charge in [0.2, 0.25) is 0 Å². The zero-order valence-corrected chi connectivity index (χ0v) is 16.0. The van der Waals surface area contributed by atoms with Crippen molar-refractivity contribution in [3.63, 3.8) is 0 Å². The molecule has 0 spiro atoms. The average molecular weight is 360 g/mol. The van der Waals surface area contributed by atoms with E-state index in [0.29, 0.717) is 16.7 Å². The van der Waals surface area contributed by atoms with Gasteiger partial charge in [0.05, 0.1) is 6.04 Å². The minimum Gasteiger partial charge on any atom is -0.484 e. The highest BCUT2D eigenvalue weighted by atomic mass is 35.5. The van der Waals surface area contributed by atoms with Crippen LogP contribution in [-0.2, 0) is 4.79 Å². The van der Waals surface area contributed by atoms with Gasteiger partial charge in [0.25, 0.3) is 5.91 Å². The number of amides is 1. The Kier molecular flexibility index (Phi) is 6.89. The van der Waals surface area contributed by atoms with Crippen molar-refractivity contribution in [2.75, 3.05) is 6.61 Å². The van der Waals surface area contributed by atoms with E-state index >= 15 is 0 Å². The summed E-state index contributed by atoms with van der Waals surface area (Å²) in [6.45, 7) is 8.52. The van der Waals surface area contributed by atoms with Gasteiger partial charge in [-0.25, -0.2) is 0 Å². The lowest BCUT2D eigenvalue weighted by Gasteiger charge is -2.23. The maximum atomic E-state index is 12.3. The number of hydrogen-bond donors (Lipinski definition) is 1. The minimum atomic E-state index is -0.137. The van der Waals surface area contributed by atoms with E-state index in [1.54, 1.807) is 24.3 Å². The molecule has 0 aromatic heterocycles. The second kappa shape index (κ2) is 8.91. The molecule has 0 aliphatic rings. The van der Waals surface area contributed by atoms with Crippen LogP contribution < -0.4 is 10.1 Å². The summed E-state index contributed by atoms with van der Waals surface area (Å²) >= 11 is 5.84. The van der Waals surface area contributed by atoms with Crippen molar-refractivity contribution in [3.8, 4) is 5.75 Å². The van der Waals surface area contributed by atoms with Crippen molar-refractivity contribution in [1.29, 1.82) is 0 Å². The van der Waals surface area contributed by atoms with Gasteiger partial charge < -0.3 is 10.1 Å². The van der Waals surface area contributed by atoms with Crippen LogP contribution in [0.3, 0.4) is 0 Å². The summed E-state index contributed by atoms with van der Waals surface area (Å²) in [6, 6.07) is 15.4. The molecule has 0 bridgehead atoms. The molecule has 2 aromatic carbocycles. The highest BCUT2D eigenvalue weighted by molar-refractivity contribution is 6.30. The first-order valence-corrected chi connectivity index (χ1v) is 9.02. The third-order valence-corrected chi connectivity index (χ3v) is 4.38. The third-order valence-electron chi connectivity index (χ3n) is 4.13. The van der Waals surface area contributed by atoms with E-state index in [4.69, 9.17) is 16.3 Å². The number of rotatable bonds is 7. The maximum Gasteiger partial charge on any atom is 0.258 e. The SMILES string of the molecule is CC(C)c1ccc([C@@H](NC(=O)COc2ccc(Cl)cc2)C(C)C)cc1. The zero-order valence-electron chi connectivity index (χ0n) is 15.3. The summed E-state index contributed by atoms with van der Waals surface area (Å²) < 4.78 is 5.52. The Balaban J connectivity index is 1.98. The van der Waals surface area contributed by atoms with E-state index in [0.717, 1.165) is 5.56 Å². The molecule has 0 fully saturated rings. The largest absolute Gasteiger partial charge is 0.484 e. The molecule has 25 heavy (non-hydrogen) atoms. The number of ether oxygens (including phenoxy) is 1. The van der Waals surface area contributed by atoms with Crippen LogP contribution in [0.25, 0.3) is 0 Å². The van der Waals surface area contributed by atoms with Gasteiger partial charge in [0, 0.05) is 5.02 Å². The Hall–Kier alpha value is -2.00. The van der Waals surface area contributed by atoms with Crippen molar-refractivity contribution < 1.29 is 9.53 Å². The van der Waals surface area contributed by atoms with Crippen LogP contribution in [-0.4, -0.2) is 12.5 Å². The normalized spacial score (nSPS) is 12.3. The van der Waals surface area contributed by atoms with E-state index < -0.39 is 0 Å². The van der Waals surface area contributed by atoms with Crippen LogP contribution in [0.1, 0.15) is 50.8 Å². The Morgan fingerprint density at radius 2 is 1.52 bits per heavy atom. The van der Waals surface area contributed by atoms with Gasteiger partial charge in [0.1, 0.15) is 5.75 Å². The zero-order chi connectivity index (χ0) is 18.4. The molecule has 0 unspecified atom stereocenters. The standard InChI is InChI=1S/C21H26ClNO2/c1-14(2)16-5-7-17(8-6-16)21(15(3)4)23-20(24)13-25-19-11-9-18(22)10-12-19/h5-12,14-15,21H,13H2,1-4H3,(H,23,24)/t21-/m0/s1. The van der Waals surface area contributed by atoms with Gasteiger partial charge in [-0.2, -0.15) is 0 Å². The Bertz CT molecular complexity index is 678. The molecule has 0 heterocycles. The fourth-order valence-corrected chi connectivity index (χ4v) is 2.74. The van der Waals surface area contributed by atoms with Crippen molar-refractivity contribution in [2.24, 2.45) is 5.92 Å². The lowest BCUT2D eigenvalue weighted by molar-refractivity contribution is -0.124. The lowest BCUT2D eigenvalue weighted by Crippen LogP contribution is -2.35. The van der Waals surface area contributed by atoms with Crippen LogP contribution in [0.4, 0.5) is 0 Å². The third kappa shape index (κ3) is 5.79. The molecule has 2 rings (SSSR count). The van der Waals surface area contributed by atoms with E-state index in [2.05, 4.69) is 57.3 Å². The van der Waals surface area contributed by atoms with E-state index in [9.17, 15) is 4.79 Å². The van der Waals surface area contributed by atoms with E-state index in [-0.39, 0.29) is 24.5 Å². The molecular weight excluding hydrogens is 334 g/mol. The molecule has 134 valence electrons. The quantitative estimate of drug-likeness (QED) is 0.723. The molecule has 0 aliphatic carbocycles. The lowest BCUT2D eigenvalue weighted by atomic mass is 9.93. The topological polar surface area (TPSA) is 38.3 Å². The number of carbonyl (C=O) groups is 1. The first-order chi connectivity index (χ1) is 11.9. The average Bonchev–Trinajstić information content (AvgIpc) is 2.59. The highest BCUT2D eigenvalue weighted by Crippen LogP contribution is 2.24. The molecule has 2 aromatic rings. The first kappa shape index (κ1) is 19.3.